The van der Waals surface area contributed by atoms with Gasteiger partial charge in [-0.3, -0.25) is 0 Å². The lowest BCUT2D eigenvalue weighted by Crippen LogP contribution is -2.19. The molecule has 0 bridgehead atoms. The number of nitrogens with one attached hydrogen (secondary N) is 3. The van der Waals surface area contributed by atoms with Crippen LogP contribution in [0.3, 0.4) is 0 Å². The van der Waals surface area contributed by atoms with Gasteiger partial charge in [0.1, 0.15) is 0 Å². The van der Waals surface area contributed by atoms with E-state index in [-0.39, 0.29) is 6.03 Å². The molecule has 0 atom stereocenters. The Kier molecular flexibility index (Phi) is 5.62. The van der Waals surface area contributed by atoms with Crippen LogP contribution in [0.4, 0.5) is 21.9 Å². The van der Waals surface area contributed by atoms with E-state index in [0.717, 1.165) is 41.1 Å². The number of carbonyl (C=O) groups excluding carboxylic acids is 1. The van der Waals surface area contributed by atoms with Crippen molar-refractivity contribution in [2.24, 2.45) is 0 Å². The number of nitrogens with zero attached hydrogens (tertiary/aromatic N) is 2. The molecule has 0 saturated carbocycles. The van der Waals surface area contributed by atoms with Crippen LogP contribution in [-0.4, -0.2) is 22.5 Å². The zero-order valence-corrected chi connectivity index (χ0v) is 15.8. The molecule has 29 heavy (non-hydrogen) atoms. The van der Waals surface area contributed by atoms with Crippen molar-refractivity contribution in [1.82, 2.24) is 9.97 Å². The molecular weight excluding hydrogens is 362 g/mol. The number of pyridine rings is 2. The normalized spacial score (nSPS) is 10.5. The summed E-state index contributed by atoms with van der Waals surface area (Å²) in [6, 6.07) is 22.8. The monoisotopic (exact) mass is 383 g/mol. The second kappa shape index (κ2) is 8.84. The molecule has 6 heteroatoms. The number of urea groups is 1. The molecule has 0 saturated heterocycles. The summed E-state index contributed by atoms with van der Waals surface area (Å²) < 4.78 is 0. The minimum atomic E-state index is -0.260. The van der Waals surface area contributed by atoms with E-state index in [4.69, 9.17) is 0 Å². The van der Waals surface area contributed by atoms with Crippen LogP contribution < -0.4 is 16.0 Å². The Hall–Kier alpha value is -3.93. The van der Waals surface area contributed by atoms with Crippen LogP contribution in [-0.2, 0) is 6.42 Å². The smallest absolute Gasteiger partial charge is 0.323 e. The second-order valence-electron chi connectivity index (χ2n) is 6.55. The van der Waals surface area contributed by atoms with Gasteiger partial charge in [-0.2, -0.15) is 0 Å². The highest BCUT2D eigenvalue weighted by Gasteiger charge is 2.04. The molecule has 0 radical (unpaired) electrons. The van der Waals surface area contributed by atoms with Crippen molar-refractivity contribution in [3.8, 4) is 0 Å². The fourth-order valence-corrected chi connectivity index (χ4v) is 3.05. The Morgan fingerprint density at radius 1 is 0.759 bits per heavy atom. The van der Waals surface area contributed by atoms with Gasteiger partial charge >= 0.3 is 6.03 Å². The van der Waals surface area contributed by atoms with E-state index >= 15 is 0 Å². The Labute approximate surface area is 169 Å². The summed E-state index contributed by atoms with van der Waals surface area (Å²) in [7, 11) is 0. The highest BCUT2D eigenvalue weighted by Crippen LogP contribution is 2.19. The molecule has 2 aromatic carbocycles. The lowest BCUT2D eigenvalue weighted by Gasteiger charge is -2.10. The number of rotatable bonds is 6. The van der Waals surface area contributed by atoms with Crippen molar-refractivity contribution >= 4 is 34.1 Å². The van der Waals surface area contributed by atoms with E-state index < -0.39 is 0 Å². The Morgan fingerprint density at radius 3 is 2.28 bits per heavy atom. The quantitative estimate of drug-likeness (QED) is 0.441. The van der Waals surface area contributed by atoms with Crippen molar-refractivity contribution in [2.45, 2.75) is 6.42 Å². The molecule has 2 aromatic heterocycles. The van der Waals surface area contributed by atoms with E-state index in [1.165, 1.54) is 5.56 Å². The number of amides is 2. The van der Waals surface area contributed by atoms with E-state index in [1.807, 2.05) is 72.8 Å². The predicted octanol–water partition coefficient (Wildman–Crippen LogP) is 4.93. The van der Waals surface area contributed by atoms with Crippen molar-refractivity contribution in [1.29, 1.82) is 0 Å². The number of para-hydroxylation sites is 1. The van der Waals surface area contributed by atoms with Crippen molar-refractivity contribution in [3.63, 3.8) is 0 Å². The minimum absolute atomic E-state index is 0.260. The zero-order chi connectivity index (χ0) is 19.9. The molecule has 6 nitrogen and oxygen atoms in total. The molecule has 4 aromatic rings. The summed E-state index contributed by atoms with van der Waals surface area (Å²) in [5.41, 5.74) is 4.46. The first-order chi connectivity index (χ1) is 14.3. The lowest BCUT2D eigenvalue weighted by molar-refractivity contribution is 0.262. The summed E-state index contributed by atoms with van der Waals surface area (Å²) >= 11 is 0. The third-order valence-corrected chi connectivity index (χ3v) is 4.49. The fourth-order valence-electron chi connectivity index (χ4n) is 3.05. The molecule has 0 aliphatic carbocycles. The second-order valence-corrected chi connectivity index (χ2v) is 6.55. The molecule has 0 fully saturated rings. The lowest BCUT2D eigenvalue weighted by atomic mass is 10.1. The maximum Gasteiger partial charge on any atom is 0.323 e. The standard InChI is InChI=1S/C23H21N5O/c29-23(27-18-5-2-1-3-6-18)28-19-10-8-17(9-11-19)12-15-24-21-13-16-26-22-20(21)7-4-14-25-22/h1-11,13-14,16H,12,15H2,(H,24,25,26)(H2,27,28,29). The average Bonchev–Trinajstić information content (AvgIpc) is 2.76. The molecule has 2 heterocycles. The van der Waals surface area contributed by atoms with Gasteiger partial charge in [0.15, 0.2) is 5.65 Å². The molecular formula is C23H21N5O. The Morgan fingerprint density at radius 2 is 1.48 bits per heavy atom. The summed E-state index contributed by atoms with van der Waals surface area (Å²) in [6.45, 7) is 0.787. The van der Waals surface area contributed by atoms with Gasteiger partial charge in [0.25, 0.3) is 0 Å². The van der Waals surface area contributed by atoms with Crippen LogP contribution in [0.2, 0.25) is 0 Å². The van der Waals surface area contributed by atoms with Crippen LogP contribution in [0, 0.1) is 0 Å². The predicted molar refractivity (Wildman–Crippen MR) is 117 cm³/mol. The van der Waals surface area contributed by atoms with Gasteiger partial charge < -0.3 is 16.0 Å². The van der Waals surface area contributed by atoms with Crippen LogP contribution >= 0.6 is 0 Å². The molecule has 4 rings (SSSR count). The van der Waals surface area contributed by atoms with E-state index in [2.05, 4.69) is 25.9 Å². The number of fused-ring (bicyclic) bond motifs is 1. The summed E-state index contributed by atoms with van der Waals surface area (Å²) in [6.07, 6.45) is 4.37. The number of hydrogen-bond acceptors (Lipinski definition) is 4. The molecule has 0 spiro atoms. The third kappa shape index (κ3) is 4.87. The first-order valence-corrected chi connectivity index (χ1v) is 9.43. The van der Waals surface area contributed by atoms with E-state index in [9.17, 15) is 4.79 Å². The molecule has 144 valence electrons. The maximum atomic E-state index is 12.1. The number of anilines is 3. The number of aromatic nitrogens is 2. The van der Waals surface area contributed by atoms with Gasteiger partial charge in [-0.15, -0.1) is 0 Å². The van der Waals surface area contributed by atoms with Gasteiger partial charge in [-0.05, 0) is 54.4 Å². The van der Waals surface area contributed by atoms with Crippen molar-refractivity contribution < 1.29 is 4.79 Å². The van der Waals surface area contributed by atoms with Crippen LogP contribution in [0.25, 0.3) is 11.0 Å². The molecule has 0 unspecified atom stereocenters. The first-order valence-electron chi connectivity index (χ1n) is 9.43. The fraction of sp³-hybridized carbons (Fsp3) is 0.0870. The Balaban J connectivity index is 1.30. The van der Waals surface area contributed by atoms with Gasteiger partial charge in [-0.1, -0.05) is 30.3 Å². The number of benzene rings is 2. The first kappa shape index (κ1) is 18.4. The largest absolute Gasteiger partial charge is 0.384 e. The highest BCUT2D eigenvalue weighted by atomic mass is 16.2. The van der Waals surface area contributed by atoms with Crippen molar-refractivity contribution in [3.05, 3.63) is 90.8 Å². The molecule has 2 amide bonds. The maximum absolute atomic E-state index is 12.1. The zero-order valence-electron chi connectivity index (χ0n) is 15.8. The minimum Gasteiger partial charge on any atom is -0.384 e. The summed E-state index contributed by atoms with van der Waals surface area (Å²) in [5, 5.41) is 10.1. The molecule has 0 aliphatic rings. The Bertz CT molecular complexity index is 1090. The topological polar surface area (TPSA) is 78.9 Å². The highest BCUT2D eigenvalue weighted by molar-refractivity contribution is 5.99. The van der Waals surface area contributed by atoms with Crippen molar-refractivity contribution in [2.75, 3.05) is 22.5 Å². The van der Waals surface area contributed by atoms with E-state index in [0.29, 0.717) is 0 Å². The van der Waals surface area contributed by atoms with Gasteiger partial charge in [0.2, 0.25) is 0 Å². The van der Waals surface area contributed by atoms with Crippen LogP contribution in [0.1, 0.15) is 5.56 Å². The summed E-state index contributed by atoms with van der Waals surface area (Å²) in [4.78, 5) is 20.6. The third-order valence-electron chi connectivity index (χ3n) is 4.49. The van der Waals surface area contributed by atoms with Gasteiger partial charge in [-0.25, -0.2) is 14.8 Å². The average molecular weight is 383 g/mol. The van der Waals surface area contributed by atoms with Gasteiger partial charge in [0.05, 0.1) is 0 Å². The van der Waals surface area contributed by atoms with Gasteiger partial charge in [0, 0.05) is 41.4 Å². The number of carbonyl (C=O) groups is 1. The number of hydrogen-bond donors (Lipinski definition) is 3. The SMILES string of the molecule is O=C(Nc1ccccc1)Nc1ccc(CCNc2ccnc3ncccc23)cc1. The van der Waals surface area contributed by atoms with Crippen LogP contribution in [0.5, 0.6) is 0 Å². The molecule has 3 N–H and O–H groups in total. The van der Waals surface area contributed by atoms with Crippen LogP contribution in [0.15, 0.2) is 85.2 Å². The summed E-state index contributed by atoms with van der Waals surface area (Å²) in [5.74, 6) is 0. The molecule has 0 aliphatic heterocycles. The van der Waals surface area contributed by atoms with E-state index in [1.54, 1.807) is 12.4 Å².